The van der Waals surface area contributed by atoms with Crippen LogP contribution in [0.15, 0.2) is 24.4 Å². The highest BCUT2D eigenvalue weighted by molar-refractivity contribution is 6.14. The summed E-state index contributed by atoms with van der Waals surface area (Å²) in [7, 11) is 0. The third-order valence-corrected chi connectivity index (χ3v) is 2.55. The molecule has 0 radical (unpaired) electrons. The average molecular weight is 233 g/mol. The molecule has 4 amide bonds. The van der Waals surface area contributed by atoms with Gasteiger partial charge in [0.25, 0.3) is 0 Å². The Morgan fingerprint density at radius 2 is 2.12 bits per heavy atom. The molecule has 0 bridgehead atoms. The number of rotatable bonds is 2. The number of barbiturate groups is 1. The zero-order valence-electron chi connectivity index (χ0n) is 9.21. The van der Waals surface area contributed by atoms with Crippen molar-refractivity contribution in [1.82, 2.24) is 15.2 Å². The van der Waals surface area contributed by atoms with Gasteiger partial charge in [-0.05, 0) is 19.1 Å². The monoisotopic (exact) mass is 233 g/mol. The molecule has 1 saturated heterocycles. The van der Waals surface area contributed by atoms with E-state index in [1.54, 1.807) is 31.3 Å². The second-order valence-corrected chi connectivity index (χ2v) is 3.72. The molecule has 1 aromatic heterocycles. The summed E-state index contributed by atoms with van der Waals surface area (Å²) in [5.41, 5.74) is 0.602. The topological polar surface area (TPSA) is 79.4 Å². The molecule has 17 heavy (non-hydrogen) atoms. The van der Waals surface area contributed by atoms with Gasteiger partial charge in [-0.15, -0.1) is 0 Å². The van der Waals surface area contributed by atoms with Crippen molar-refractivity contribution in [3.63, 3.8) is 0 Å². The summed E-state index contributed by atoms with van der Waals surface area (Å²) in [5, 5.41) is 2.11. The van der Waals surface area contributed by atoms with E-state index in [1.165, 1.54) is 0 Å². The fourth-order valence-electron chi connectivity index (χ4n) is 1.71. The summed E-state index contributed by atoms with van der Waals surface area (Å²) < 4.78 is 0. The van der Waals surface area contributed by atoms with Gasteiger partial charge in [0.15, 0.2) is 0 Å². The van der Waals surface area contributed by atoms with Crippen molar-refractivity contribution in [2.24, 2.45) is 0 Å². The van der Waals surface area contributed by atoms with Crippen molar-refractivity contribution in [2.45, 2.75) is 19.4 Å². The molecule has 2 rings (SSSR count). The number of hydrogen-bond acceptors (Lipinski definition) is 4. The van der Waals surface area contributed by atoms with E-state index in [0.717, 1.165) is 4.90 Å². The molecule has 1 N–H and O–H groups in total. The molecule has 1 unspecified atom stereocenters. The maximum Gasteiger partial charge on any atom is 0.331 e. The highest BCUT2D eigenvalue weighted by atomic mass is 16.2. The van der Waals surface area contributed by atoms with E-state index < -0.39 is 23.9 Å². The van der Waals surface area contributed by atoms with Gasteiger partial charge in [0.1, 0.15) is 6.42 Å². The molecular weight excluding hydrogens is 222 g/mol. The number of carbonyl (C=O) groups is 3. The molecule has 1 aromatic rings. The predicted molar refractivity (Wildman–Crippen MR) is 57.7 cm³/mol. The minimum absolute atomic E-state index is 0.303. The highest BCUT2D eigenvalue weighted by Crippen LogP contribution is 2.20. The predicted octanol–water partition coefficient (Wildman–Crippen LogP) is 0.611. The minimum atomic E-state index is -0.690. The second-order valence-electron chi connectivity index (χ2n) is 3.72. The standard InChI is InChI=1S/C11H11N3O3/c1-7(8-4-2-3-5-12-8)14-10(16)6-9(15)13-11(14)17/h2-5,7H,6H2,1H3,(H,13,15,17). The van der Waals surface area contributed by atoms with Gasteiger partial charge in [-0.25, -0.2) is 4.79 Å². The lowest BCUT2D eigenvalue weighted by atomic mass is 10.1. The van der Waals surface area contributed by atoms with Crippen LogP contribution in [0, 0.1) is 0 Å². The van der Waals surface area contributed by atoms with Crippen LogP contribution >= 0.6 is 0 Å². The zero-order chi connectivity index (χ0) is 12.4. The molecule has 0 saturated carbocycles. The van der Waals surface area contributed by atoms with Gasteiger partial charge in [-0.1, -0.05) is 6.07 Å². The summed E-state index contributed by atoms with van der Waals surface area (Å²) in [6.07, 6.45) is 1.28. The number of imide groups is 2. The van der Waals surface area contributed by atoms with Gasteiger partial charge in [-0.3, -0.25) is 24.8 Å². The molecule has 88 valence electrons. The van der Waals surface area contributed by atoms with Crippen molar-refractivity contribution in [1.29, 1.82) is 0 Å². The fourth-order valence-corrected chi connectivity index (χ4v) is 1.71. The van der Waals surface area contributed by atoms with Gasteiger partial charge in [-0.2, -0.15) is 0 Å². The van der Waals surface area contributed by atoms with Gasteiger partial charge in [0.05, 0.1) is 11.7 Å². The average Bonchev–Trinajstić information content (AvgIpc) is 2.28. The van der Waals surface area contributed by atoms with Crippen molar-refractivity contribution >= 4 is 17.8 Å². The Hall–Kier alpha value is -2.24. The van der Waals surface area contributed by atoms with E-state index in [1.807, 2.05) is 0 Å². The summed E-state index contributed by atoms with van der Waals surface area (Å²) in [6.45, 7) is 1.69. The molecule has 0 spiro atoms. The number of pyridine rings is 1. The van der Waals surface area contributed by atoms with Crippen LogP contribution in [0.25, 0.3) is 0 Å². The zero-order valence-corrected chi connectivity index (χ0v) is 9.21. The normalized spacial score (nSPS) is 17.9. The summed E-state index contributed by atoms with van der Waals surface area (Å²) in [5.74, 6) is -1.07. The lowest BCUT2D eigenvalue weighted by molar-refractivity contribution is -0.137. The molecule has 2 heterocycles. The molecule has 1 fully saturated rings. The summed E-state index contributed by atoms with van der Waals surface area (Å²) in [6, 6.07) is 4.07. The third-order valence-electron chi connectivity index (χ3n) is 2.55. The van der Waals surface area contributed by atoms with Crippen LogP contribution in [0.2, 0.25) is 0 Å². The summed E-state index contributed by atoms with van der Waals surface area (Å²) >= 11 is 0. The summed E-state index contributed by atoms with van der Waals surface area (Å²) in [4.78, 5) is 39.3. The van der Waals surface area contributed by atoms with Crippen molar-refractivity contribution in [2.75, 3.05) is 0 Å². The van der Waals surface area contributed by atoms with E-state index in [0.29, 0.717) is 5.69 Å². The minimum Gasteiger partial charge on any atom is -0.277 e. The molecule has 6 nitrogen and oxygen atoms in total. The maximum atomic E-state index is 11.6. The van der Waals surface area contributed by atoms with E-state index in [-0.39, 0.29) is 6.42 Å². The number of carbonyl (C=O) groups excluding carboxylic acids is 3. The van der Waals surface area contributed by atoms with Gasteiger partial charge in [0.2, 0.25) is 11.8 Å². The smallest absolute Gasteiger partial charge is 0.277 e. The molecule has 1 atom stereocenters. The van der Waals surface area contributed by atoms with E-state index in [4.69, 9.17) is 0 Å². The van der Waals surface area contributed by atoms with E-state index in [2.05, 4.69) is 10.3 Å². The van der Waals surface area contributed by atoms with Crippen LogP contribution in [0.4, 0.5) is 4.79 Å². The van der Waals surface area contributed by atoms with Crippen LogP contribution in [-0.2, 0) is 9.59 Å². The number of nitrogens with zero attached hydrogens (tertiary/aromatic N) is 2. The first-order valence-electron chi connectivity index (χ1n) is 5.16. The van der Waals surface area contributed by atoms with Crippen LogP contribution < -0.4 is 5.32 Å². The Morgan fingerprint density at radius 3 is 2.71 bits per heavy atom. The molecule has 0 aliphatic carbocycles. The third kappa shape index (κ3) is 2.15. The Morgan fingerprint density at radius 1 is 1.35 bits per heavy atom. The Bertz CT molecular complexity index is 452. The van der Waals surface area contributed by atoms with Crippen LogP contribution in [0.5, 0.6) is 0 Å². The molecule has 1 aliphatic heterocycles. The highest BCUT2D eigenvalue weighted by Gasteiger charge is 2.35. The Balaban J connectivity index is 2.25. The first kappa shape index (κ1) is 11.3. The molecule has 1 aliphatic rings. The number of amides is 4. The van der Waals surface area contributed by atoms with Crippen LogP contribution in [-0.4, -0.2) is 27.7 Å². The molecule has 0 aromatic carbocycles. The first-order valence-corrected chi connectivity index (χ1v) is 5.16. The van der Waals surface area contributed by atoms with Crippen molar-refractivity contribution in [3.05, 3.63) is 30.1 Å². The van der Waals surface area contributed by atoms with Crippen molar-refractivity contribution in [3.8, 4) is 0 Å². The quantitative estimate of drug-likeness (QED) is 0.759. The number of hydrogen-bond donors (Lipinski definition) is 1. The molecule has 6 heteroatoms. The first-order chi connectivity index (χ1) is 8.09. The van der Waals surface area contributed by atoms with Gasteiger partial charge >= 0.3 is 6.03 Å². The number of nitrogens with one attached hydrogen (secondary N) is 1. The second kappa shape index (κ2) is 4.32. The van der Waals surface area contributed by atoms with Gasteiger partial charge in [0, 0.05) is 6.20 Å². The molecular formula is C11H11N3O3. The number of aromatic nitrogens is 1. The Kier molecular flexibility index (Phi) is 2.86. The van der Waals surface area contributed by atoms with Crippen LogP contribution in [0.1, 0.15) is 25.1 Å². The maximum absolute atomic E-state index is 11.6. The SMILES string of the molecule is CC(c1ccccn1)N1C(=O)CC(=O)NC1=O. The largest absolute Gasteiger partial charge is 0.331 e. The van der Waals surface area contributed by atoms with E-state index >= 15 is 0 Å². The van der Waals surface area contributed by atoms with E-state index in [9.17, 15) is 14.4 Å². The Labute approximate surface area is 97.6 Å². The fraction of sp³-hybridized carbons (Fsp3) is 0.273. The van der Waals surface area contributed by atoms with Gasteiger partial charge < -0.3 is 0 Å². The van der Waals surface area contributed by atoms with Crippen molar-refractivity contribution < 1.29 is 14.4 Å². The van der Waals surface area contributed by atoms with Crippen LogP contribution in [0.3, 0.4) is 0 Å². The lowest BCUT2D eigenvalue weighted by Gasteiger charge is -2.29. The number of urea groups is 1. The lowest BCUT2D eigenvalue weighted by Crippen LogP contribution is -2.53.